The summed E-state index contributed by atoms with van der Waals surface area (Å²) >= 11 is 2.06. The van der Waals surface area contributed by atoms with Crippen molar-refractivity contribution in [2.45, 2.75) is 18.9 Å². The molecule has 3 N–H and O–H groups in total. The number of nitrogens with zero attached hydrogens (tertiary/aromatic N) is 1. The first-order valence-electron chi connectivity index (χ1n) is 9.75. The molecular weight excluding hydrogens is 509 g/mol. The molecule has 31 heavy (non-hydrogen) atoms. The summed E-state index contributed by atoms with van der Waals surface area (Å²) < 4.78 is 11.1. The first-order chi connectivity index (χ1) is 14.9. The highest BCUT2D eigenvalue weighted by Crippen LogP contribution is 2.34. The molecule has 0 saturated heterocycles. The maximum Gasteiger partial charge on any atom is 0.171 e. The molecular formula is C24H28INO5. The highest BCUT2D eigenvalue weighted by Gasteiger charge is 2.16. The second-order valence-corrected chi connectivity index (χ2v) is 8.03. The Morgan fingerprint density at radius 1 is 1.29 bits per heavy atom. The van der Waals surface area contributed by atoms with Crippen LogP contribution < -0.4 is 4.74 Å². The van der Waals surface area contributed by atoms with Crippen molar-refractivity contribution < 1.29 is 24.8 Å². The number of aliphatic hydroxyl groups excluding tert-OH is 2. The molecule has 0 radical (unpaired) electrons. The van der Waals surface area contributed by atoms with Crippen LogP contribution in [0, 0.1) is 3.57 Å². The van der Waals surface area contributed by atoms with Gasteiger partial charge in [0.05, 0.1) is 35.7 Å². The van der Waals surface area contributed by atoms with Gasteiger partial charge in [-0.1, -0.05) is 18.7 Å². The Morgan fingerprint density at radius 2 is 2.06 bits per heavy atom. The molecule has 0 bridgehead atoms. The Labute approximate surface area is 196 Å². The summed E-state index contributed by atoms with van der Waals surface area (Å²) in [5.41, 5.74) is 3.77. The fourth-order valence-electron chi connectivity index (χ4n) is 3.18. The van der Waals surface area contributed by atoms with Gasteiger partial charge >= 0.3 is 0 Å². The van der Waals surface area contributed by atoms with Crippen LogP contribution in [0.1, 0.15) is 24.1 Å². The molecule has 166 valence electrons. The average Bonchev–Trinajstić information content (AvgIpc) is 2.77. The van der Waals surface area contributed by atoms with Crippen LogP contribution in [0.25, 0.3) is 11.6 Å². The number of hydrogen-bond donors (Lipinski definition) is 3. The third-order valence-corrected chi connectivity index (χ3v) is 5.51. The zero-order valence-electron chi connectivity index (χ0n) is 17.7. The molecule has 2 rings (SSSR count). The predicted octanol–water partition coefficient (Wildman–Crippen LogP) is 4.20. The van der Waals surface area contributed by atoms with Gasteiger partial charge < -0.3 is 24.8 Å². The first kappa shape index (κ1) is 25.1. The van der Waals surface area contributed by atoms with E-state index in [1.165, 1.54) is 7.11 Å². The van der Waals surface area contributed by atoms with Crippen LogP contribution in [0.4, 0.5) is 0 Å². The van der Waals surface area contributed by atoms with Crippen molar-refractivity contribution in [1.82, 2.24) is 4.98 Å². The number of hydrogen-bond acceptors (Lipinski definition) is 6. The van der Waals surface area contributed by atoms with Crippen LogP contribution in [0.3, 0.4) is 0 Å². The SMILES string of the molecule is C=C(COC)/C(=C/CO)C(O)CC/C(=C/c1cc(I)c(O)c(OC)c1)c1ccccn1. The Bertz CT molecular complexity index is 940. The van der Waals surface area contributed by atoms with Crippen molar-refractivity contribution in [3.8, 4) is 11.5 Å². The molecule has 6 nitrogen and oxygen atoms in total. The molecule has 0 spiro atoms. The Morgan fingerprint density at radius 3 is 2.68 bits per heavy atom. The van der Waals surface area contributed by atoms with E-state index in [-0.39, 0.29) is 19.0 Å². The van der Waals surface area contributed by atoms with Gasteiger partial charge in [-0.05, 0) is 88.1 Å². The monoisotopic (exact) mass is 537 g/mol. The largest absolute Gasteiger partial charge is 0.504 e. The van der Waals surface area contributed by atoms with Gasteiger partial charge in [0.15, 0.2) is 11.5 Å². The molecule has 0 aliphatic carbocycles. The van der Waals surface area contributed by atoms with Gasteiger partial charge in [0.25, 0.3) is 0 Å². The van der Waals surface area contributed by atoms with Crippen molar-refractivity contribution in [3.63, 3.8) is 0 Å². The minimum Gasteiger partial charge on any atom is -0.504 e. The van der Waals surface area contributed by atoms with Crippen molar-refractivity contribution in [2.75, 3.05) is 27.4 Å². The lowest BCUT2D eigenvalue weighted by Gasteiger charge is -2.18. The third kappa shape index (κ3) is 7.17. The molecule has 1 aromatic carbocycles. The van der Waals surface area contributed by atoms with Crippen LogP contribution in [-0.4, -0.2) is 53.8 Å². The summed E-state index contributed by atoms with van der Waals surface area (Å²) in [5, 5.41) is 30.2. The number of methoxy groups -OCH3 is 2. The predicted molar refractivity (Wildman–Crippen MR) is 131 cm³/mol. The maximum atomic E-state index is 10.8. The normalized spacial score (nSPS) is 13.2. The minimum absolute atomic E-state index is 0.102. The van der Waals surface area contributed by atoms with Gasteiger partial charge in [-0.25, -0.2) is 0 Å². The van der Waals surface area contributed by atoms with E-state index in [1.54, 1.807) is 25.4 Å². The van der Waals surface area contributed by atoms with E-state index >= 15 is 0 Å². The number of pyridine rings is 1. The lowest BCUT2D eigenvalue weighted by molar-refractivity contribution is 0.191. The highest BCUT2D eigenvalue weighted by atomic mass is 127. The Kier molecular flexibility index (Phi) is 10.2. The molecule has 1 atom stereocenters. The average molecular weight is 537 g/mol. The fourth-order valence-corrected chi connectivity index (χ4v) is 3.81. The molecule has 1 aromatic heterocycles. The Hall–Kier alpha value is -2.20. The number of ether oxygens (including phenoxy) is 2. The van der Waals surface area contributed by atoms with Gasteiger partial charge in [-0.3, -0.25) is 4.98 Å². The maximum absolute atomic E-state index is 10.8. The number of phenols is 1. The standard InChI is InChI=1S/C24H28INO5/c1-16(15-30-2)19(9-11-27)22(28)8-7-18(21-6-4-5-10-26-21)12-17-13-20(25)24(29)23(14-17)31-3/h4-6,9-10,12-14,22,27-29H,1,7-8,11,15H2,2-3H3/b18-12-,19-9-. The van der Waals surface area contributed by atoms with E-state index in [4.69, 9.17) is 9.47 Å². The second kappa shape index (κ2) is 12.6. The van der Waals surface area contributed by atoms with Crippen molar-refractivity contribution in [2.24, 2.45) is 0 Å². The minimum atomic E-state index is -0.809. The van der Waals surface area contributed by atoms with Crippen molar-refractivity contribution in [3.05, 3.63) is 75.2 Å². The van der Waals surface area contributed by atoms with Gasteiger partial charge in [0.1, 0.15) is 0 Å². The van der Waals surface area contributed by atoms with Crippen LogP contribution in [0.2, 0.25) is 0 Å². The van der Waals surface area contributed by atoms with Gasteiger partial charge in [0, 0.05) is 13.3 Å². The molecule has 0 fully saturated rings. The summed E-state index contributed by atoms with van der Waals surface area (Å²) in [4.78, 5) is 4.46. The number of rotatable bonds is 11. The molecule has 1 unspecified atom stereocenters. The number of aliphatic hydroxyl groups is 2. The molecule has 0 aliphatic rings. The van der Waals surface area contributed by atoms with E-state index < -0.39 is 6.10 Å². The topological polar surface area (TPSA) is 92.0 Å². The first-order valence-corrected chi connectivity index (χ1v) is 10.8. The van der Waals surface area contributed by atoms with E-state index in [1.807, 2.05) is 30.3 Å². The van der Waals surface area contributed by atoms with E-state index in [0.717, 1.165) is 16.8 Å². The lowest BCUT2D eigenvalue weighted by atomic mass is 9.94. The molecule has 0 saturated carbocycles. The smallest absolute Gasteiger partial charge is 0.171 e. The molecule has 7 heteroatoms. The lowest BCUT2D eigenvalue weighted by Crippen LogP contribution is -2.15. The number of benzene rings is 1. The van der Waals surface area contributed by atoms with Crippen LogP contribution in [-0.2, 0) is 4.74 Å². The van der Waals surface area contributed by atoms with E-state index in [9.17, 15) is 15.3 Å². The van der Waals surface area contributed by atoms with Gasteiger partial charge in [0.2, 0.25) is 0 Å². The zero-order chi connectivity index (χ0) is 22.8. The summed E-state index contributed by atoms with van der Waals surface area (Å²) in [6, 6.07) is 9.28. The third-order valence-electron chi connectivity index (χ3n) is 4.69. The van der Waals surface area contributed by atoms with Gasteiger partial charge in [-0.2, -0.15) is 0 Å². The van der Waals surface area contributed by atoms with Crippen molar-refractivity contribution >= 4 is 34.2 Å². The van der Waals surface area contributed by atoms with E-state index in [2.05, 4.69) is 34.2 Å². The number of allylic oxidation sites excluding steroid dienone is 1. The summed E-state index contributed by atoms with van der Waals surface area (Å²) in [6.45, 7) is 4.03. The summed E-state index contributed by atoms with van der Waals surface area (Å²) in [6.07, 6.45) is 5.38. The fraction of sp³-hybridized carbons (Fsp3) is 0.292. The van der Waals surface area contributed by atoms with E-state index in [0.29, 0.717) is 33.3 Å². The second-order valence-electron chi connectivity index (χ2n) is 6.87. The Balaban J connectivity index is 2.34. The number of aromatic nitrogens is 1. The van der Waals surface area contributed by atoms with Crippen molar-refractivity contribution in [1.29, 1.82) is 0 Å². The number of aromatic hydroxyl groups is 1. The van der Waals surface area contributed by atoms with Crippen LogP contribution in [0.5, 0.6) is 11.5 Å². The summed E-state index contributed by atoms with van der Waals surface area (Å²) in [7, 11) is 3.07. The number of phenolic OH excluding ortho intramolecular Hbond substituents is 1. The number of halogens is 1. The highest BCUT2D eigenvalue weighted by molar-refractivity contribution is 14.1. The quantitative estimate of drug-likeness (QED) is 0.294. The van der Waals surface area contributed by atoms with Crippen LogP contribution in [0.15, 0.2) is 60.3 Å². The van der Waals surface area contributed by atoms with Crippen LogP contribution >= 0.6 is 22.6 Å². The molecule has 0 amide bonds. The van der Waals surface area contributed by atoms with Gasteiger partial charge in [-0.15, -0.1) is 0 Å². The molecule has 0 aliphatic heterocycles. The zero-order valence-corrected chi connectivity index (χ0v) is 19.9. The molecule has 1 heterocycles. The summed E-state index contributed by atoms with van der Waals surface area (Å²) in [5.74, 6) is 0.494. The molecule has 2 aromatic rings.